The van der Waals surface area contributed by atoms with Crippen LogP contribution in [0.15, 0.2) is 51.5 Å². The first kappa shape index (κ1) is 10.4. The van der Waals surface area contributed by atoms with Gasteiger partial charge in [0.15, 0.2) is 5.76 Å². The van der Waals surface area contributed by atoms with Crippen LogP contribution >= 0.6 is 15.9 Å². The summed E-state index contributed by atoms with van der Waals surface area (Å²) in [5, 5.41) is 5.02. The Balaban J connectivity index is 2.23. The Kier molecular flexibility index (Phi) is 2.37. The van der Waals surface area contributed by atoms with Gasteiger partial charge in [-0.25, -0.2) is 0 Å². The minimum Gasteiger partial charge on any atom is -0.399 e. The predicted octanol–water partition coefficient (Wildman–Crippen LogP) is 3.84. The molecule has 3 aromatic rings. The van der Waals surface area contributed by atoms with Crippen molar-refractivity contribution in [1.82, 2.24) is 5.16 Å². The number of nitrogen functional groups attached to an aromatic ring is 1. The summed E-state index contributed by atoms with van der Waals surface area (Å²) < 4.78 is 6.39. The summed E-state index contributed by atoms with van der Waals surface area (Å²) in [6.45, 7) is 0. The molecule has 0 fully saturated rings. The topological polar surface area (TPSA) is 52.0 Å². The second-order valence-corrected chi connectivity index (χ2v) is 4.71. The van der Waals surface area contributed by atoms with Crippen LogP contribution < -0.4 is 5.73 Å². The van der Waals surface area contributed by atoms with E-state index in [-0.39, 0.29) is 0 Å². The molecule has 1 heterocycles. The van der Waals surface area contributed by atoms with Crippen LogP contribution in [-0.4, -0.2) is 5.16 Å². The molecule has 3 nitrogen and oxygen atoms in total. The summed E-state index contributed by atoms with van der Waals surface area (Å²) in [7, 11) is 0. The number of nitrogens with two attached hydrogens (primary N) is 1. The van der Waals surface area contributed by atoms with Gasteiger partial charge in [-0.05, 0) is 42.5 Å². The zero-order valence-corrected chi connectivity index (χ0v) is 10.4. The maximum atomic E-state index is 5.66. The van der Waals surface area contributed by atoms with Gasteiger partial charge >= 0.3 is 0 Å². The molecule has 0 bridgehead atoms. The summed E-state index contributed by atoms with van der Waals surface area (Å²) in [6, 6.07) is 13.4. The van der Waals surface area contributed by atoms with Crippen molar-refractivity contribution in [3.8, 4) is 11.3 Å². The molecule has 0 aliphatic carbocycles. The Morgan fingerprint density at radius 1 is 1.06 bits per heavy atom. The highest BCUT2D eigenvalue weighted by Crippen LogP contribution is 2.30. The van der Waals surface area contributed by atoms with E-state index in [2.05, 4.69) is 21.1 Å². The number of rotatable bonds is 1. The zero-order valence-electron chi connectivity index (χ0n) is 8.85. The number of hydrogen-bond donors (Lipinski definition) is 1. The standard InChI is InChI=1S/C13H9BrN2O/c14-9-3-6-12-11(7-9)13(17-16-12)8-1-4-10(15)5-2-8/h1-7H,15H2. The zero-order chi connectivity index (χ0) is 11.8. The monoisotopic (exact) mass is 288 g/mol. The highest BCUT2D eigenvalue weighted by molar-refractivity contribution is 9.10. The molecule has 0 atom stereocenters. The largest absolute Gasteiger partial charge is 0.399 e. The molecule has 0 aliphatic rings. The summed E-state index contributed by atoms with van der Waals surface area (Å²) in [5.74, 6) is 0.765. The molecule has 1 aromatic heterocycles. The van der Waals surface area contributed by atoms with E-state index in [1.54, 1.807) is 0 Å². The van der Waals surface area contributed by atoms with Crippen LogP contribution in [0.25, 0.3) is 22.2 Å². The van der Waals surface area contributed by atoms with Gasteiger partial charge in [0.1, 0.15) is 5.52 Å². The average Bonchev–Trinajstić information content (AvgIpc) is 2.73. The fourth-order valence-electron chi connectivity index (χ4n) is 1.76. The summed E-state index contributed by atoms with van der Waals surface area (Å²) >= 11 is 3.45. The lowest BCUT2D eigenvalue weighted by atomic mass is 10.1. The van der Waals surface area contributed by atoms with E-state index in [0.29, 0.717) is 0 Å². The molecule has 0 saturated heterocycles. The van der Waals surface area contributed by atoms with Gasteiger partial charge in [-0.2, -0.15) is 0 Å². The van der Waals surface area contributed by atoms with Crippen LogP contribution in [0.5, 0.6) is 0 Å². The summed E-state index contributed by atoms with van der Waals surface area (Å²) in [6.07, 6.45) is 0. The van der Waals surface area contributed by atoms with Crippen molar-refractivity contribution in [2.75, 3.05) is 5.73 Å². The lowest BCUT2D eigenvalue weighted by molar-refractivity contribution is 0.441. The van der Waals surface area contributed by atoms with Crippen molar-refractivity contribution in [3.05, 3.63) is 46.9 Å². The molecule has 0 spiro atoms. The number of aromatic nitrogens is 1. The van der Waals surface area contributed by atoms with E-state index in [0.717, 1.165) is 32.4 Å². The van der Waals surface area contributed by atoms with Crippen molar-refractivity contribution >= 4 is 32.5 Å². The van der Waals surface area contributed by atoms with E-state index in [4.69, 9.17) is 10.3 Å². The Bertz CT molecular complexity index is 673. The molecule has 0 unspecified atom stereocenters. The van der Waals surface area contributed by atoms with E-state index >= 15 is 0 Å². The molecule has 2 aromatic carbocycles. The molecule has 0 radical (unpaired) electrons. The van der Waals surface area contributed by atoms with E-state index in [9.17, 15) is 0 Å². The predicted molar refractivity (Wildman–Crippen MR) is 71.6 cm³/mol. The van der Waals surface area contributed by atoms with Gasteiger partial charge in [-0.3, -0.25) is 0 Å². The quantitative estimate of drug-likeness (QED) is 0.692. The van der Waals surface area contributed by atoms with Crippen LogP contribution in [0.4, 0.5) is 5.69 Å². The fourth-order valence-corrected chi connectivity index (χ4v) is 2.12. The number of nitrogens with zero attached hydrogens (tertiary/aromatic N) is 1. The Morgan fingerprint density at radius 3 is 2.59 bits per heavy atom. The van der Waals surface area contributed by atoms with Crippen LogP contribution in [0, 0.1) is 0 Å². The second kappa shape index (κ2) is 3.89. The lowest BCUT2D eigenvalue weighted by Crippen LogP contribution is -1.83. The molecule has 17 heavy (non-hydrogen) atoms. The summed E-state index contributed by atoms with van der Waals surface area (Å²) in [4.78, 5) is 0. The molecular formula is C13H9BrN2O. The normalized spacial score (nSPS) is 10.9. The first-order valence-corrected chi connectivity index (χ1v) is 5.94. The molecule has 2 N–H and O–H groups in total. The third-order valence-corrected chi connectivity index (χ3v) is 3.10. The fraction of sp³-hybridized carbons (Fsp3) is 0. The molecule has 0 saturated carbocycles. The minimum absolute atomic E-state index is 0.735. The third kappa shape index (κ3) is 1.80. The van der Waals surface area contributed by atoms with E-state index in [1.807, 2.05) is 42.5 Å². The second-order valence-electron chi connectivity index (χ2n) is 3.80. The molecule has 0 aliphatic heterocycles. The first-order chi connectivity index (χ1) is 8.24. The molecule has 3 rings (SSSR count). The van der Waals surface area contributed by atoms with E-state index < -0.39 is 0 Å². The smallest absolute Gasteiger partial charge is 0.174 e. The highest BCUT2D eigenvalue weighted by Gasteiger charge is 2.10. The van der Waals surface area contributed by atoms with Gasteiger partial charge in [0.2, 0.25) is 0 Å². The lowest BCUT2D eigenvalue weighted by Gasteiger charge is -1.98. The SMILES string of the molecule is Nc1ccc(-c2onc3ccc(Br)cc23)cc1. The first-order valence-electron chi connectivity index (χ1n) is 5.15. The van der Waals surface area contributed by atoms with Gasteiger partial charge in [0.05, 0.1) is 5.39 Å². The van der Waals surface area contributed by atoms with Crippen LogP contribution in [-0.2, 0) is 0 Å². The molecule has 0 amide bonds. The van der Waals surface area contributed by atoms with E-state index in [1.165, 1.54) is 0 Å². The number of benzene rings is 2. The van der Waals surface area contributed by atoms with Crippen molar-refractivity contribution in [2.45, 2.75) is 0 Å². The van der Waals surface area contributed by atoms with Gasteiger partial charge < -0.3 is 10.3 Å². The van der Waals surface area contributed by atoms with Gasteiger partial charge in [-0.1, -0.05) is 21.1 Å². The van der Waals surface area contributed by atoms with Crippen molar-refractivity contribution in [2.24, 2.45) is 0 Å². The maximum absolute atomic E-state index is 5.66. The Morgan fingerprint density at radius 2 is 1.82 bits per heavy atom. The number of halogens is 1. The van der Waals surface area contributed by atoms with Crippen molar-refractivity contribution in [1.29, 1.82) is 0 Å². The van der Waals surface area contributed by atoms with Gasteiger partial charge in [-0.15, -0.1) is 0 Å². The van der Waals surface area contributed by atoms with Crippen LogP contribution in [0.2, 0.25) is 0 Å². The number of anilines is 1. The minimum atomic E-state index is 0.735. The number of hydrogen-bond acceptors (Lipinski definition) is 3. The van der Waals surface area contributed by atoms with Crippen LogP contribution in [0.1, 0.15) is 0 Å². The average molecular weight is 289 g/mol. The Labute approximate surface area is 106 Å². The molecule has 4 heteroatoms. The Hall–Kier alpha value is -1.81. The highest BCUT2D eigenvalue weighted by atomic mass is 79.9. The van der Waals surface area contributed by atoms with Gasteiger partial charge in [0.25, 0.3) is 0 Å². The van der Waals surface area contributed by atoms with Crippen molar-refractivity contribution in [3.63, 3.8) is 0 Å². The van der Waals surface area contributed by atoms with Gasteiger partial charge in [0, 0.05) is 15.7 Å². The van der Waals surface area contributed by atoms with Crippen molar-refractivity contribution < 1.29 is 4.52 Å². The molecular weight excluding hydrogens is 280 g/mol. The maximum Gasteiger partial charge on any atom is 0.174 e. The molecule has 84 valence electrons. The third-order valence-electron chi connectivity index (χ3n) is 2.61. The van der Waals surface area contributed by atoms with Crippen LogP contribution in [0.3, 0.4) is 0 Å². The number of fused-ring (bicyclic) bond motifs is 1. The summed E-state index contributed by atoms with van der Waals surface area (Å²) in [5.41, 5.74) is 8.22.